The van der Waals surface area contributed by atoms with Gasteiger partial charge in [-0.15, -0.1) is 0 Å². The van der Waals surface area contributed by atoms with E-state index in [1.807, 2.05) is 6.92 Å². The molecule has 1 N–H and O–H groups in total. The van der Waals surface area contributed by atoms with Gasteiger partial charge in [0.25, 0.3) is 11.8 Å². The van der Waals surface area contributed by atoms with E-state index in [4.69, 9.17) is 18.9 Å². The fraction of sp³-hybridized carbons (Fsp3) is 0.226. The molecule has 0 saturated carbocycles. The van der Waals surface area contributed by atoms with Crippen LogP contribution in [0.2, 0.25) is 0 Å². The van der Waals surface area contributed by atoms with Crippen LogP contribution >= 0.6 is 0 Å². The highest BCUT2D eigenvalue weighted by atomic mass is 16.5. The number of methoxy groups -OCH3 is 1. The van der Waals surface area contributed by atoms with E-state index in [1.54, 1.807) is 86.7 Å². The Kier molecular flexibility index (Phi) is 9.36. The summed E-state index contributed by atoms with van der Waals surface area (Å²) in [7, 11) is 1.49. The van der Waals surface area contributed by atoms with Gasteiger partial charge in [-0.05, 0) is 93.1 Å². The van der Waals surface area contributed by atoms with E-state index in [0.717, 1.165) is 5.75 Å². The van der Waals surface area contributed by atoms with Gasteiger partial charge in [-0.25, -0.2) is 4.79 Å². The van der Waals surface area contributed by atoms with E-state index in [-0.39, 0.29) is 25.0 Å². The van der Waals surface area contributed by atoms with Crippen molar-refractivity contribution in [3.8, 4) is 17.2 Å². The molecule has 0 atom stereocenters. The number of rotatable bonds is 11. The molecule has 0 fully saturated rings. The van der Waals surface area contributed by atoms with Gasteiger partial charge in [0.15, 0.2) is 18.1 Å². The summed E-state index contributed by atoms with van der Waals surface area (Å²) in [5.74, 6) is 0.432. The fourth-order valence-electron chi connectivity index (χ4n) is 4.01. The van der Waals surface area contributed by atoms with Gasteiger partial charge in [-0.3, -0.25) is 9.59 Å². The molecule has 2 amide bonds. The molecule has 0 aliphatic carbocycles. The highest BCUT2D eigenvalue weighted by Gasteiger charge is 2.29. The van der Waals surface area contributed by atoms with Gasteiger partial charge in [0, 0.05) is 5.69 Å². The Morgan fingerprint density at radius 2 is 1.66 bits per heavy atom. The highest BCUT2D eigenvalue weighted by Crippen LogP contribution is 2.31. The van der Waals surface area contributed by atoms with Gasteiger partial charge in [-0.2, -0.15) is 10.1 Å². The molecular formula is C31H31N3O7. The largest absolute Gasteiger partial charge is 0.494 e. The minimum atomic E-state index is -0.429. The Morgan fingerprint density at radius 1 is 0.927 bits per heavy atom. The molecule has 0 bridgehead atoms. The standard InChI is InChI=1S/C31H31N3O7/c1-5-39-25-14-10-23(11-15-25)32-29(35)19-41-27-16-7-21(18-28(27)38-4)17-26-20(3)33-34(30(26)36)24-12-8-22(9-13-24)31(37)40-6-2/h7-18H,5-6,19H2,1-4H3,(H,32,35)/b26-17+. The van der Waals surface area contributed by atoms with E-state index in [1.165, 1.54) is 12.1 Å². The monoisotopic (exact) mass is 557 g/mol. The van der Waals surface area contributed by atoms with Crippen LogP contribution in [0, 0.1) is 0 Å². The van der Waals surface area contributed by atoms with Crippen molar-refractivity contribution < 1.29 is 33.3 Å². The summed E-state index contributed by atoms with van der Waals surface area (Å²) in [4.78, 5) is 37.5. The molecule has 1 aliphatic heterocycles. The maximum Gasteiger partial charge on any atom is 0.338 e. The lowest BCUT2D eigenvalue weighted by atomic mass is 10.1. The zero-order chi connectivity index (χ0) is 29.4. The lowest BCUT2D eigenvalue weighted by Gasteiger charge is -2.13. The first-order chi connectivity index (χ1) is 19.8. The van der Waals surface area contributed by atoms with Crippen LogP contribution in [0.4, 0.5) is 11.4 Å². The molecule has 4 rings (SSSR count). The number of carbonyl (C=O) groups is 3. The van der Waals surface area contributed by atoms with Gasteiger partial charge < -0.3 is 24.3 Å². The van der Waals surface area contributed by atoms with Crippen LogP contribution in [0.15, 0.2) is 77.4 Å². The number of esters is 1. The summed E-state index contributed by atoms with van der Waals surface area (Å²) >= 11 is 0. The number of benzene rings is 3. The van der Waals surface area contributed by atoms with Crippen molar-refractivity contribution in [2.45, 2.75) is 20.8 Å². The number of anilines is 2. The quantitative estimate of drug-likeness (QED) is 0.258. The summed E-state index contributed by atoms with van der Waals surface area (Å²) in [6.45, 7) is 6.00. The van der Waals surface area contributed by atoms with Crippen LogP contribution in [0.25, 0.3) is 6.08 Å². The smallest absolute Gasteiger partial charge is 0.338 e. The van der Waals surface area contributed by atoms with Gasteiger partial charge in [0.05, 0.1) is 42.9 Å². The van der Waals surface area contributed by atoms with Crippen LogP contribution in [0.1, 0.15) is 36.7 Å². The molecule has 1 aliphatic rings. The predicted octanol–water partition coefficient (Wildman–Crippen LogP) is 5.09. The maximum absolute atomic E-state index is 13.2. The molecular weight excluding hydrogens is 526 g/mol. The lowest BCUT2D eigenvalue weighted by Crippen LogP contribution is -2.21. The van der Waals surface area contributed by atoms with Gasteiger partial charge >= 0.3 is 5.97 Å². The Balaban J connectivity index is 1.41. The van der Waals surface area contributed by atoms with Gasteiger partial charge in [0.2, 0.25) is 0 Å². The molecule has 3 aromatic rings. The molecule has 10 heteroatoms. The SMILES string of the molecule is CCOC(=O)c1ccc(N2N=C(C)/C(=C\c3ccc(OCC(=O)Nc4ccc(OCC)cc4)c(OC)c3)C2=O)cc1. The summed E-state index contributed by atoms with van der Waals surface area (Å²) in [5.41, 5.74) is 3.17. The van der Waals surface area contributed by atoms with Crippen molar-refractivity contribution in [2.75, 3.05) is 37.3 Å². The zero-order valence-corrected chi connectivity index (χ0v) is 23.3. The average Bonchev–Trinajstić information content (AvgIpc) is 3.26. The van der Waals surface area contributed by atoms with Crippen molar-refractivity contribution in [1.82, 2.24) is 0 Å². The number of ether oxygens (including phenoxy) is 4. The summed E-state index contributed by atoms with van der Waals surface area (Å²) in [6, 6.07) is 18.7. The van der Waals surface area contributed by atoms with Crippen LogP contribution in [0.3, 0.4) is 0 Å². The van der Waals surface area contributed by atoms with Gasteiger partial charge in [0.1, 0.15) is 5.75 Å². The molecule has 0 aromatic heterocycles. The minimum Gasteiger partial charge on any atom is -0.494 e. The van der Waals surface area contributed by atoms with E-state index in [9.17, 15) is 14.4 Å². The third kappa shape index (κ3) is 7.10. The second kappa shape index (κ2) is 13.3. The molecule has 3 aromatic carbocycles. The van der Waals surface area contributed by atoms with Crippen molar-refractivity contribution in [2.24, 2.45) is 5.10 Å². The number of hydrogen-bond acceptors (Lipinski definition) is 8. The van der Waals surface area contributed by atoms with Crippen LogP contribution in [0.5, 0.6) is 17.2 Å². The Bertz CT molecular complexity index is 1480. The number of amides is 2. The fourth-order valence-corrected chi connectivity index (χ4v) is 4.01. The second-order valence-electron chi connectivity index (χ2n) is 8.83. The Hall–Kier alpha value is -5.12. The van der Waals surface area contributed by atoms with Crippen molar-refractivity contribution in [3.63, 3.8) is 0 Å². The number of nitrogens with zero attached hydrogens (tertiary/aromatic N) is 2. The molecule has 41 heavy (non-hydrogen) atoms. The third-order valence-electron chi connectivity index (χ3n) is 5.99. The molecule has 0 spiro atoms. The molecule has 10 nitrogen and oxygen atoms in total. The van der Waals surface area contributed by atoms with E-state index in [2.05, 4.69) is 10.4 Å². The summed E-state index contributed by atoms with van der Waals surface area (Å²) in [6.07, 6.45) is 1.71. The topological polar surface area (TPSA) is 116 Å². The summed E-state index contributed by atoms with van der Waals surface area (Å²) in [5, 5.41) is 8.45. The number of nitrogens with one attached hydrogen (secondary N) is 1. The molecule has 0 unspecified atom stereocenters. The highest BCUT2D eigenvalue weighted by molar-refractivity contribution is 6.32. The normalized spacial score (nSPS) is 13.6. The lowest BCUT2D eigenvalue weighted by molar-refractivity contribution is -0.118. The molecule has 1 heterocycles. The third-order valence-corrected chi connectivity index (χ3v) is 5.99. The first kappa shape index (κ1) is 28.9. The predicted molar refractivity (Wildman–Crippen MR) is 156 cm³/mol. The van der Waals surface area contributed by atoms with E-state index in [0.29, 0.717) is 51.9 Å². The van der Waals surface area contributed by atoms with Crippen LogP contribution in [-0.2, 0) is 14.3 Å². The first-order valence-electron chi connectivity index (χ1n) is 13.0. The van der Waals surface area contributed by atoms with E-state index >= 15 is 0 Å². The van der Waals surface area contributed by atoms with Crippen LogP contribution in [-0.4, -0.2) is 50.4 Å². The average molecular weight is 558 g/mol. The second-order valence-corrected chi connectivity index (χ2v) is 8.83. The molecule has 0 radical (unpaired) electrons. The molecule has 212 valence electrons. The van der Waals surface area contributed by atoms with Crippen LogP contribution < -0.4 is 24.5 Å². The van der Waals surface area contributed by atoms with E-state index < -0.39 is 5.97 Å². The number of hydrogen-bond donors (Lipinski definition) is 1. The van der Waals surface area contributed by atoms with Crippen molar-refractivity contribution in [1.29, 1.82) is 0 Å². The minimum absolute atomic E-state index is 0.224. The van der Waals surface area contributed by atoms with Crippen molar-refractivity contribution >= 4 is 40.9 Å². The van der Waals surface area contributed by atoms with Gasteiger partial charge in [-0.1, -0.05) is 6.07 Å². The Morgan fingerprint density at radius 3 is 2.32 bits per heavy atom. The maximum atomic E-state index is 13.2. The number of carbonyl (C=O) groups excluding carboxylic acids is 3. The van der Waals surface area contributed by atoms with Crippen molar-refractivity contribution in [3.05, 3.63) is 83.4 Å². The first-order valence-corrected chi connectivity index (χ1v) is 13.0. The number of hydrazone groups is 1. The molecule has 0 saturated heterocycles. The summed E-state index contributed by atoms with van der Waals surface area (Å²) < 4.78 is 21.6. The Labute approximate surface area is 238 Å². The zero-order valence-electron chi connectivity index (χ0n) is 23.3.